The van der Waals surface area contributed by atoms with E-state index in [2.05, 4.69) is 20.9 Å². The van der Waals surface area contributed by atoms with Crippen LogP contribution in [0.2, 0.25) is 0 Å². The van der Waals surface area contributed by atoms with Gasteiger partial charge >= 0.3 is 5.97 Å². The predicted molar refractivity (Wildman–Crippen MR) is 56.7 cm³/mol. The number of phenols is 1. The predicted octanol–water partition coefficient (Wildman–Crippen LogP) is 1.59. The number of carbonyl (C=O) groups is 1. The lowest BCUT2D eigenvalue weighted by molar-refractivity contribution is -0.137. The van der Waals surface area contributed by atoms with Gasteiger partial charge in [-0.3, -0.25) is 4.79 Å². The van der Waals surface area contributed by atoms with Crippen molar-refractivity contribution in [2.24, 2.45) is 0 Å². The van der Waals surface area contributed by atoms with Crippen LogP contribution in [-0.4, -0.2) is 25.7 Å². The molecule has 0 bridgehead atoms. The normalized spacial score (nSPS) is 10.7. The number of carboxylic acids is 1. The van der Waals surface area contributed by atoms with Gasteiger partial charge in [-0.15, -0.1) is 0 Å². The van der Waals surface area contributed by atoms with Crippen LogP contribution in [-0.2, 0) is 11.3 Å². The number of para-hydroxylation sites is 1. The maximum atomic E-state index is 10.6. The third kappa shape index (κ3) is 1.68. The zero-order chi connectivity index (χ0) is 11.0. The SMILES string of the molecule is O=C(O)Cn1c(Br)nc2cccc(O)c21. The van der Waals surface area contributed by atoms with Crippen LogP contribution in [0.3, 0.4) is 0 Å². The standard InChI is InChI=1S/C9H7BrN2O3/c10-9-11-5-2-1-3-6(13)8(5)12(9)4-7(14)15/h1-3,13H,4H2,(H,14,15). The van der Waals surface area contributed by atoms with Crippen molar-refractivity contribution in [2.75, 3.05) is 0 Å². The lowest BCUT2D eigenvalue weighted by atomic mass is 10.3. The van der Waals surface area contributed by atoms with Crippen LogP contribution < -0.4 is 0 Å². The molecule has 0 aliphatic heterocycles. The van der Waals surface area contributed by atoms with E-state index < -0.39 is 5.97 Å². The second kappa shape index (κ2) is 3.54. The number of benzene rings is 1. The van der Waals surface area contributed by atoms with Gasteiger partial charge in [-0.2, -0.15) is 0 Å². The minimum absolute atomic E-state index is 0.0203. The third-order valence-electron chi connectivity index (χ3n) is 1.99. The molecule has 15 heavy (non-hydrogen) atoms. The van der Waals surface area contributed by atoms with Gasteiger partial charge in [-0.25, -0.2) is 4.98 Å². The minimum atomic E-state index is -0.988. The number of hydrogen-bond acceptors (Lipinski definition) is 3. The summed E-state index contributed by atoms with van der Waals surface area (Å²) in [5.74, 6) is -0.967. The average Bonchev–Trinajstić information content (AvgIpc) is 2.43. The van der Waals surface area contributed by atoms with E-state index in [1.165, 1.54) is 10.6 Å². The van der Waals surface area contributed by atoms with Crippen molar-refractivity contribution in [3.05, 3.63) is 22.9 Å². The lowest BCUT2D eigenvalue weighted by Crippen LogP contribution is -2.08. The van der Waals surface area contributed by atoms with Crippen molar-refractivity contribution in [3.63, 3.8) is 0 Å². The molecule has 0 saturated carbocycles. The van der Waals surface area contributed by atoms with Gasteiger partial charge in [0.05, 0.1) is 5.52 Å². The Morgan fingerprint density at radius 3 is 2.93 bits per heavy atom. The van der Waals surface area contributed by atoms with Crippen LogP contribution in [0, 0.1) is 0 Å². The topological polar surface area (TPSA) is 75.3 Å². The van der Waals surface area contributed by atoms with E-state index in [0.29, 0.717) is 15.8 Å². The monoisotopic (exact) mass is 270 g/mol. The Morgan fingerprint density at radius 1 is 1.53 bits per heavy atom. The molecule has 2 N–H and O–H groups in total. The summed E-state index contributed by atoms with van der Waals surface area (Å²) in [7, 11) is 0. The Morgan fingerprint density at radius 2 is 2.27 bits per heavy atom. The van der Waals surface area contributed by atoms with Gasteiger partial charge in [0.25, 0.3) is 0 Å². The number of nitrogens with zero attached hydrogens (tertiary/aromatic N) is 2. The molecule has 1 heterocycles. The van der Waals surface area contributed by atoms with Crippen molar-refractivity contribution in [1.29, 1.82) is 0 Å². The van der Waals surface area contributed by atoms with E-state index in [9.17, 15) is 9.90 Å². The number of imidazole rings is 1. The molecule has 2 rings (SSSR count). The molecule has 0 unspecified atom stereocenters. The first-order valence-corrected chi connectivity index (χ1v) is 4.94. The number of aromatic nitrogens is 2. The Hall–Kier alpha value is -1.56. The van der Waals surface area contributed by atoms with Crippen LogP contribution in [0.5, 0.6) is 5.75 Å². The first-order chi connectivity index (χ1) is 7.09. The fourth-order valence-corrected chi connectivity index (χ4v) is 1.91. The van der Waals surface area contributed by atoms with E-state index in [0.717, 1.165) is 0 Å². The first kappa shape index (κ1) is 9.97. The summed E-state index contributed by atoms with van der Waals surface area (Å²) in [6.45, 7) is -0.241. The van der Waals surface area contributed by atoms with Gasteiger partial charge < -0.3 is 14.8 Å². The van der Waals surface area contributed by atoms with Crippen molar-refractivity contribution >= 4 is 32.9 Å². The molecule has 1 aromatic heterocycles. The zero-order valence-corrected chi connectivity index (χ0v) is 9.10. The quantitative estimate of drug-likeness (QED) is 0.869. The summed E-state index contributed by atoms with van der Waals surface area (Å²) in [6, 6.07) is 4.86. The number of rotatable bonds is 2. The van der Waals surface area contributed by atoms with Crippen molar-refractivity contribution in [1.82, 2.24) is 9.55 Å². The summed E-state index contributed by atoms with van der Waals surface area (Å²) < 4.78 is 1.79. The van der Waals surface area contributed by atoms with Crippen LogP contribution in [0.15, 0.2) is 22.9 Å². The largest absolute Gasteiger partial charge is 0.506 e. The van der Waals surface area contributed by atoms with Gasteiger partial charge in [0, 0.05) is 0 Å². The fourth-order valence-electron chi connectivity index (χ4n) is 1.42. The number of hydrogen-bond donors (Lipinski definition) is 2. The second-order valence-corrected chi connectivity index (χ2v) is 3.71. The number of phenolic OH excluding ortho intramolecular Hbond substituents is 1. The molecule has 0 fully saturated rings. The molecule has 5 nitrogen and oxygen atoms in total. The summed E-state index contributed by atoms with van der Waals surface area (Å²) in [5, 5.41) is 18.3. The molecule has 0 aliphatic carbocycles. The third-order valence-corrected chi connectivity index (χ3v) is 2.60. The maximum Gasteiger partial charge on any atom is 0.323 e. The molecule has 0 radical (unpaired) electrons. The molecular weight excluding hydrogens is 264 g/mol. The van der Waals surface area contributed by atoms with E-state index in [4.69, 9.17) is 5.11 Å². The maximum absolute atomic E-state index is 10.6. The highest BCUT2D eigenvalue weighted by atomic mass is 79.9. The summed E-state index contributed by atoms with van der Waals surface area (Å²) >= 11 is 3.15. The van der Waals surface area contributed by atoms with Crippen LogP contribution in [0.4, 0.5) is 0 Å². The Kier molecular flexibility index (Phi) is 2.36. The zero-order valence-electron chi connectivity index (χ0n) is 7.51. The van der Waals surface area contributed by atoms with Gasteiger partial charge in [0.2, 0.25) is 0 Å². The molecule has 6 heteroatoms. The highest BCUT2D eigenvalue weighted by Crippen LogP contribution is 2.27. The van der Waals surface area contributed by atoms with Crippen LogP contribution in [0.25, 0.3) is 11.0 Å². The molecule has 2 aromatic rings. The number of aliphatic carboxylic acids is 1. The smallest absolute Gasteiger partial charge is 0.323 e. The number of halogens is 1. The Balaban J connectivity index is 2.71. The number of fused-ring (bicyclic) bond motifs is 1. The van der Waals surface area contributed by atoms with Crippen LogP contribution in [0.1, 0.15) is 0 Å². The summed E-state index contributed by atoms with van der Waals surface area (Å²) in [6.07, 6.45) is 0. The summed E-state index contributed by atoms with van der Waals surface area (Å²) in [4.78, 5) is 14.7. The van der Waals surface area contributed by atoms with Gasteiger partial charge in [-0.05, 0) is 28.1 Å². The molecule has 1 aromatic carbocycles. The van der Waals surface area contributed by atoms with Gasteiger partial charge in [0.15, 0.2) is 4.73 Å². The first-order valence-electron chi connectivity index (χ1n) is 4.15. The molecule has 0 atom stereocenters. The van der Waals surface area contributed by atoms with E-state index in [-0.39, 0.29) is 12.3 Å². The lowest BCUT2D eigenvalue weighted by Gasteiger charge is -2.02. The van der Waals surface area contributed by atoms with Crippen LogP contribution >= 0.6 is 15.9 Å². The fraction of sp³-hybridized carbons (Fsp3) is 0.111. The number of aromatic hydroxyl groups is 1. The Labute approximate surface area is 93.1 Å². The van der Waals surface area contributed by atoms with Gasteiger partial charge in [0.1, 0.15) is 17.8 Å². The molecule has 0 spiro atoms. The molecular formula is C9H7BrN2O3. The van der Waals surface area contributed by atoms with E-state index in [1.54, 1.807) is 12.1 Å². The van der Waals surface area contributed by atoms with Crippen molar-refractivity contribution < 1.29 is 15.0 Å². The Bertz CT molecular complexity index is 535. The second-order valence-electron chi connectivity index (χ2n) is 3.01. The molecule has 0 saturated heterocycles. The summed E-state index contributed by atoms with van der Waals surface area (Å²) in [5.41, 5.74) is 0.981. The highest BCUT2D eigenvalue weighted by molar-refractivity contribution is 9.10. The number of carboxylic acid groups (broad SMARTS) is 1. The van der Waals surface area contributed by atoms with Crippen molar-refractivity contribution in [2.45, 2.75) is 6.54 Å². The minimum Gasteiger partial charge on any atom is -0.506 e. The molecule has 78 valence electrons. The average molecular weight is 271 g/mol. The highest BCUT2D eigenvalue weighted by Gasteiger charge is 2.13. The van der Waals surface area contributed by atoms with E-state index >= 15 is 0 Å². The van der Waals surface area contributed by atoms with E-state index in [1.807, 2.05) is 0 Å². The molecule has 0 aliphatic rings. The van der Waals surface area contributed by atoms with Crippen molar-refractivity contribution in [3.8, 4) is 5.75 Å². The van der Waals surface area contributed by atoms with Gasteiger partial charge in [-0.1, -0.05) is 6.07 Å². The molecule has 0 amide bonds.